The first-order valence-electron chi connectivity index (χ1n) is 13.8. The third-order valence-corrected chi connectivity index (χ3v) is 8.27. The van der Waals surface area contributed by atoms with Crippen LogP contribution in [0.1, 0.15) is 64.7 Å². The van der Waals surface area contributed by atoms with E-state index in [0.29, 0.717) is 23.4 Å². The zero-order valence-corrected chi connectivity index (χ0v) is 26.1. The Hall–Kier alpha value is -4.10. The van der Waals surface area contributed by atoms with Gasteiger partial charge in [0.05, 0.1) is 28.9 Å². The smallest absolute Gasteiger partial charge is 0.285 e. The highest BCUT2D eigenvalue weighted by Gasteiger charge is 2.27. The Kier molecular flexibility index (Phi) is 8.39. The molecular formula is C29H33ClN8O4S. The molecule has 4 heterocycles. The van der Waals surface area contributed by atoms with Gasteiger partial charge in [-0.2, -0.15) is 0 Å². The van der Waals surface area contributed by atoms with Crippen LogP contribution in [0.3, 0.4) is 0 Å². The summed E-state index contributed by atoms with van der Waals surface area (Å²) in [5, 5.41) is 3.76. The lowest BCUT2D eigenvalue weighted by molar-refractivity contribution is 0.0977. The monoisotopic (exact) mass is 624 g/mol. The van der Waals surface area contributed by atoms with Gasteiger partial charge in [0.15, 0.2) is 5.69 Å². The molecule has 2 N–H and O–H groups in total. The summed E-state index contributed by atoms with van der Waals surface area (Å²) in [5.41, 5.74) is 3.13. The number of anilines is 2. The van der Waals surface area contributed by atoms with Crippen LogP contribution in [0, 0.1) is 13.8 Å². The number of amides is 1. The maximum Gasteiger partial charge on any atom is 0.285 e. The Bertz CT molecular complexity index is 1880. The lowest BCUT2D eigenvalue weighted by atomic mass is 9.92. The summed E-state index contributed by atoms with van der Waals surface area (Å²) < 4.78 is 26.9. The van der Waals surface area contributed by atoms with Crippen LogP contribution in [-0.4, -0.2) is 58.2 Å². The van der Waals surface area contributed by atoms with Crippen LogP contribution in [0.15, 0.2) is 41.5 Å². The highest BCUT2D eigenvalue weighted by molar-refractivity contribution is 7.89. The van der Waals surface area contributed by atoms with Gasteiger partial charge in [-0.15, -0.1) is 0 Å². The quantitative estimate of drug-likeness (QED) is 0.292. The van der Waals surface area contributed by atoms with Crippen molar-refractivity contribution in [1.29, 1.82) is 0 Å². The molecule has 1 aliphatic rings. The zero-order chi connectivity index (χ0) is 31.1. The van der Waals surface area contributed by atoms with Crippen molar-refractivity contribution in [2.45, 2.75) is 45.6 Å². The number of nitrogens with one attached hydrogen (secondary N) is 2. The van der Waals surface area contributed by atoms with E-state index < -0.39 is 22.0 Å². The zero-order valence-electron chi connectivity index (χ0n) is 24.5. The van der Waals surface area contributed by atoms with E-state index in [1.807, 2.05) is 50.0 Å². The van der Waals surface area contributed by atoms with Gasteiger partial charge in [-0.3, -0.25) is 14.2 Å². The SMILES string of the molecule is Cc1cc([C@@H](C)Nc2ccc(Cl)nc2C(=O)NS(C)(=O)=O)c2nc(N3CCC[C@H](c4cnc(C)nc4)C3)n(C)c(=O)c2c1. The van der Waals surface area contributed by atoms with Gasteiger partial charge in [-0.25, -0.2) is 33.1 Å². The molecule has 0 aliphatic carbocycles. The first-order chi connectivity index (χ1) is 20.3. The van der Waals surface area contributed by atoms with Gasteiger partial charge in [0.1, 0.15) is 11.0 Å². The van der Waals surface area contributed by atoms with E-state index in [1.54, 1.807) is 17.7 Å². The molecule has 226 valence electrons. The number of hydrogen-bond donors (Lipinski definition) is 2. The van der Waals surface area contributed by atoms with Gasteiger partial charge in [0.25, 0.3) is 11.5 Å². The van der Waals surface area contributed by atoms with Gasteiger partial charge < -0.3 is 10.2 Å². The van der Waals surface area contributed by atoms with Crippen molar-refractivity contribution >= 4 is 50.1 Å². The number of benzene rings is 1. The second-order valence-corrected chi connectivity index (χ2v) is 13.1. The summed E-state index contributed by atoms with van der Waals surface area (Å²) in [5.74, 6) is 0.572. The van der Waals surface area contributed by atoms with Crippen LogP contribution >= 0.6 is 11.6 Å². The number of aromatic nitrogens is 5. The fourth-order valence-corrected chi connectivity index (χ4v) is 6.03. The molecule has 3 aromatic heterocycles. The fourth-order valence-electron chi connectivity index (χ4n) is 5.45. The van der Waals surface area contributed by atoms with Crippen molar-refractivity contribution in [2.24, 2.45) is 7.05 Å². The van der Waals surface area contributed by atoms with Gasteiger partial charge >= 0.3 is 0 Å². The number of aryl methyl sites for hydroxylation is 2. The molecule has 0 bridgehead atoms. The summed E-state index contributed by atoms with van der Waals surface area (Å²) in [6.07, 6.45) is 6.53. The van der Waals surface area contributed by atoms with Crippen molar-refractivity contribution in [2.75, 3.05) is 29.6 Å². The van der Waals surface area contributed by atoms with Crippen molar-refractivity contribution in [3.8, 4) is 0 Å². The predicted molar refractivity (Wildman–Crippen MR) is 166 cm³/mol. The highest BCUT2D eigenvalue weighted by atomic mass is 35.5. The second kappa shape index (κ2) is 11.9. The minimum atomic E-state index is -3.83. The molecule has 0 spiro atoms. The maximum atomic E-state index is 13.7. The van der Waals surface area contributed by atoms with Crippen molar-refractivity contribution in [3.63, 3.8) is 0 Å². The number of piperidine rings is 1. The molecule has 1 fully saturated rings. The van der Waals surface area contributed by atoms with Gasteiger partial charge in [-0.1, -0.05) is 17.7 Å². The Morgan fingerprint density at radius 2 is 1.86 bits per heavy atom. The molecule has 2 atom stereocenters. The molecule has 12 nitrogen and oxygen atoms in total. The topological polar surface area (TPSA) is 152 Å². The van der Waals surface area contributed by atoms with Gasteiger partial charge in [-0.05, 0) is 62.9 Å². The van der Waals surface area contributed by atoms with E-state index in [2.05, 4.69) is 25.2 Å². The van der Waals surface area contributed by atoms with E-state index >= 15 is 0 Å². The Morgan fingerprint density at radius 3 is 2.56 bits per heavy atom. The Balaban J connectivity index is 1.53. The predicted octanol–water partition coefficient (Wildman–Crippen LogP) is 3.64. The lowest BCUT2D eigenvalue weighted by Gasteiger charge is -2.34. The summed E-state index contributed by atoms with van der Waals surface area (Å²) in [6, 6.07) is 6.36. The number of rotatable bonds is 7. The first kappa shape index (κ1) is 30.4. The summed E-state index contributed by atoms with van der Waals surface area (Å²) in [7, 11) is -2.10. The van der Waals surface area contributed by atoms with Gasteiger partial charge in [0, 0.05) is 44.0 Å². The van der Waals surface area contributed by atoms with E-state index in [1.165, 1.54) is 6.07 Å². The maximum absolute atomic E-state index is 13.7. The molecule has 0 unspecified atom stereocenters. The molecule has 1 aromatic carbocycles. The van der Waals surface area contributed by atoms with Crippen LogP contribution in [-0.2, 0) is 17.1 Å². The van der Waals surface area contributed by atoms with Crippen LogP contribution < -0.4 is 20.5 Å². The molecule has 4 aromatic rings. The van der Waals surface area contributed by atoms with E-state index in [4.69, 9.17) is 16.6 Å². The molecule has 0 radical (unpaired) electrons. The normalized spacial score (nSPS) is 16.2. The Morgan fingerprint density at radius 1 is 1.14 bits per heavy atom. The standard InChI is InChI=1S/C29H33ClN8O4S/c1-16-11-21(17(2)33-23-8-9-24(30)34-26(23)27(39)36-43(5,41)42)25-22(12-16)28(40)37(4)29(35-25)38-10-6-7-19(15-38)20-13-31-18(3)32-14-20/h8-9,11-14,17,19,33H,6-7,10,15H2,1-5H3,(H,36,39)/t17-,19+/m1/s1. The van der Waals surface area contributed by atoms with Crippen molar-refractivity contribution < 1.29 is 13.2 Å². The number of fused-ring (bicyclic) bond motifs is 1. The Labute approximate surface area is 254 Å². The lowest BCUT2D eigenvalue weighted by Crippen LogP contribution is -2.39. The van der Waals surface area contributed by atoms with Crippen LogP contribution in [0.2, 0.25) is 5.15 Å². The van der Waals surface area contributed by atoms with Gasteiger partial charge in [0.2, 0.25) is 16.0 Å². The van der Waals surface area contributed by atoms with Crippen LogP contribution in [0.5, 0.6) is 0 Å². The van der Waals surface area contributed by atoms with Crippen molar-refractivity contribution in [1.82, 2.24) is 29.2 Å². The van der Waals surface area contributed by atoms with Crippen LogP contribution in [0.4, 0.5) is 11.6 Å². The first-order valence-corrected chi connectivity index (χ1v) is 16.1. The minimum Gasteiger partial charge on any atom is -0.377 e. The molecule has 14 heteroatoms. The molecule has 1 saturated heterocycles. The largest absolute Gasteiger partial charge is 0.377 e. The number of nitrogens with zero attached hydrogens (tertiary/aromatic N) is 6. The third kappa shape index (κ3) is 6.62. The van der Waals surface area contributed by atoms with E-state index in [9.17, 15) is 18.0 Å². The number of hydrogen-bond acceptors (Lipinski definition) is 10. The minimum absolute atomic E-state index is 0.0321. The number of sulfonamides is 1. The highest BCUT2D eigenvalue weighted by Crippen LogP contribution is 2.32. The number of carbonyl (C=O) groups excluding carboxylic acids is 1. The summed E-state index contributed by atoms with van der Waals surface area (Å²) >= 11 is 6.04. The fraction of sp³-hybridized carbons (Fsp3) is 0.379. The average molecular weight is 625 g/mol. The second-order valence-electron chi connectivity index (χ2n) is 11.0. The molecule has 1 amide bonds. The van der Waals surface area contributed by atoms with Crippen LogP contribution in [0.25, 0.3) is 10.9 Å². The molecule has 1 aliphatic heterocycles. The number of halogens is 1. The molecule has 0 saturated carbocycles. The summed E-state index contributed by atoms with van der Waals surface area (Å²) in [4.78, 5) is 46.4. The third-order valence-electron chi connectivity index (χ3n) is 7.50. The van der Waals surface area contributed by atoms with Crippen molar-refractivity contribution in [3.05, 3.63) is 80.4 Å². The van der Waals surface area contributed by atoms with E-state index in [-0.39, 0.29) is 28.0 Å². The molecular weight excluding hydrogens is 592 g/mol. The number of carbonyl (C=O) groups is 1. The number of pyridine rings is 1. The average Bonchev–Trinajstić information content (AvgIpc) is 2.95. The molecule has 43 heavy (non-hydrogen) atoms. The summed E-state index contributed by atoms with van der Waals surface area (Å²) in [6.45, 7) is 7.04. The van der Waals surface area contributed by atoms with E-state index in [0.717, 1.165) is 48.2 Å². The molecule has 5 rings (SSSR count).